The molecule has 0 aliphatic rings. The number of aromatic nitrogens is 2. The molecule has 0 bridgehead atoms. The molecule has 0 saturated heterocycles. The van der Waals surface area contributed by atoms with E-state index in [-0.39, 0.29) is 0 Å². The molecule has 2 rings (SSSR count). The average Bonchev–Trinajstić information content (AvgIpc) is 2.99. The van der Waals surface area contributed by atoms with E-state index in [1.165, 1.54) is 5.56 Å². The summed E-state index contributed by atoms with van der Waals surface area (Å²) >= 11 is 0. The van der Waals surface area contributed by atoms with Crippen LogP contribution in [0.4, 0.5) is 0 Å². The van der Waals surface area contributed by atoms with Crippen LogP contribution in [0.2, 0.25) is 0 Å². The molecule has 0 aliphatic carbocycles. The highest BCUT2D eigenvalue weighted by molar-refractivity contribution is 5.43. The molecule has 2 N–H and O–H groups in total. The van der Waals surface area contributed by atoms with Crippen molar-refractivity contribution in [1.82, 2.24) is 9.55 Å². The van der Waals surface area contributed by atoms with Crippen molar-refractivity contribution in [3.05, 3.63) is 42.5 Å². The molecule has 0 saturated carbocycles. The Morgan fingerprint density at radius 1 is 1.24 bits per heavy atom. The molecular weight excluding hydrogens is 266 g/mol. The molecule has 0 atom stereocenters. The zero-order chi connectivity index (χ0) is 14.9. The Kier molecular flexibility index (Phi) is 6.09. The Balaban J connectivity index is 1.88. The number of benzene rings is 1. The number of aryl methyl sites for hydroxylation is 1. The predicted octanol–water partition coefficient (Wildman–Crippen LogP) is 2.25. The van der Waals surface area contributed by atoms with E-state index < -0.39 is 0 Å². The fourth-order valence-electron chi connectivity index (χ4n) is 2.11. The first-order valence-corrected chi connectivity index (χ1v) is 7.37. The Morgan fingerprint density at radius 2 is 2.14 bits per heavy atom. The van der Waals surface area contributed by atoms with E-state index >= 15 is 0 Å². The maximum Gasteiger partial charge on any atom is 0.161 e. The van der Waals surface area contributed by atoms with Crippen molar-refractivity contribution in [2.45, 2.75) is 26.3 Å². The van der Waals surface area contributed by atoms with E-state index in [9.17, 15) is 0 Å². The van der Waals surface area contributed by atoms with Crippen LogP contribution in [0, 0.1) is 0 Å². The Morgan fingerprint density at radius 3 is 2.86 bits per heavy atom. The van der Waals surface area contributed by atoms with Gasteiger partial charge in [0.05, 0.1) is 19.5 Å². The van der Waals surface area contributed by atoms with Crippen molar-refractivity contribution in [3.8, 4) is 11.5 Å². The molecular formula is C16H23N3O2. The van der Waals surface area contributed by atoms with Gasteiger partial charge < -0.3 is 19.8 Å². The number of ether oxygens (including phenoxy) is 2. The van der Waals surface area contributed by atoms with Crippen molar-refractivity contribution in [3.63, 3.8) is 0 Å². The highest BCUT2D eigenvalue weighted by Crippen LogP contribution is 2.28. The van der Waals surface area contributed by atoms with Crippen LogP contribution >= 0.6 is 0 Å². The van der Waals surface area contributed by atoms with Crippen LogP contribution in [0.3, 0.4) is 0 Å². The third kappa shape index (κ3) is 4.79. The van der Waals surface area contributed by atoms with Crippen LogP contribution in [0.5, 0.6) is 11.5 Å². The molecule has 0 spiro atoms. The van der Waals surface area contributed by atoms with Gasteiger partial charge in [-0.05, 0) is 44.0 Å². The minimum atomic E-state index is 0.622. The van der Waals surface area contributed by atoms with Crippen molar-refractivity contribution in [2.24, 2.45) is 5.73 Å². The van der Waals surface area contributed by atoms with Gasteiger partial charge in [0.15, 0.2) is 11.5 Å². The maximum atomic E-state index is 5.83. The fourth-order valence-corrected chi connectivity index (χ4v) is 2.11. The number of imidazole rings is 1. The second-order valence-electron chi connectivity index (χ2n) is 4.76. The molecule has 1 aromatic carbocycles. The molecule has 1 aromatic heterocycles. The molecule has 21 heavy (non-hydrogen) atoms. The van der Waals surface area contributed by atoms with Gasteiger partial charge >= 0.3 is 0 Å². The van der Waals surface area contributed by atoms with Crippen LogP contribution in [0.25, 0.3) is 0 Å². The first kappa shape index (κ1) is 15.4. The molecule has 0 amide bonds. The number of nitrogens with two attached hydrogens (primary N) is 1. The van der Waals surface area contributed by atoms with Gasteiger partial charge in [-0.3, -0.25) is 0 Å². The minimum absolute atomic E-state index is 0.622. The summed E-state index contributed by atoms with van der Waals surface area (Å²) in [5, 5.41) is 0. The lowest BCUT2D eigenvalue weighted by Crippen LogP contribution is -2.06. The Hall–Kier alpha value is -2.01. The minimum Gasteiger partial charge on any atom is -0.490 e. The molecule has 0 fully saturated rings. The fraction of sp³-hybridized carbons (Fsp3) is 0.438. The molecule has 2 aromatic rings. The van der Waals surface area contributed by atoms with Crippen molar-refractivity contribution >= 4 is 0 Å². The monoisotopic (exact) mass is 289 g/mol. The summed E-state index contributed by atoms with van der Waals surface area (Å²) in [5.74, 6) is 1.59. The molecule has 0 unspecified atom stereocenters. The van der Waals surface area contributed by atoms with Gasteiger partial charge in [-0.1, -0.05) is 6.07 Å². The average molecular weight is 289 g/mol. The lowest BCUT2D eigenvalue weighted by Gasteiger charge is -2.13. The Bertz CT molecular complexity index is 526. The van der Waals surface area contributed by atoms with Gasteiger partial charge in [-0.15, -0.1) is 0 Å². The lowest BCUT2D eigenvalue weighted by molar-refractivity contribution is 0.268. The largest absolute Gasteiger partial charge is 0.490 e. The SMILES string of the molecule is CCOc1cc(CCN)ccc1OCCCn1ccnc1. The third-order valence-electron chi connectivity index (χ3n) is 3.12. The lowest BCUT2D eigenvalue weighted by atomic mass is 10.1. The third-order valence-corrected chi connectivity index (χ3v) is 3.12. The molecule has 1 heterocycles. The summed E-state index contributed by atoms with van der Waals surface area (Å²) in [6.07, 6.45) is 7.32. The van der Waals surface area contributed by atoms with Crippen molar-refractivity contribution in [2.75, 3.05) is 19.8 Å². The van der Waals surface area contributed by atoms with Gasteiger partial charge in [-0.2, -0.15) is 0 Å². The summed E-state index contributed by atoms with van der Waals surface area (Å²) in [4.78, 5) is 4.02. The number of hydrogen-bond donors (Lipinski definition) is 1. The van der Waals surface area contributed by atoms with Crippen LogP contribution in [-0.2, 0) is 13.0 Å². The predicted molar refractivity (Wildman–Crippen MR) is 82.7 cm³/mol. The Labute approximate surface area is 125 Å². The molecule has 114 valence electrons. The van der Waals surface area contributed by atoms with E-state index in [0.717, 1.165) is 30.9 Å². The maximum absolute atomic E-state index is 5.83. The number of rotatable bonds is 9. The second kappa shape index (κ2) is 8.32. The van der Waals surface area contributed by atoms with Crippen LogP contribution in [-0.4, -0.2) is 29.3 Å². The summed E-state index contributed by atoms with van der Waals surface area (Å²) in [6.45, 7) is 4.77. The van der Waals surface area contributed by atoms with Gasteiger partial charge in [0, 0.05) is 18.9 Å². The van der Waals surface area contributed by atoms with Gasteiger partial charge in [0.2, 0.25) is 0 Å². The van der Waals surface area contributed by atoms with Gasteiger partial charge in [-0.25, -0.2) is 4.98 Å². The topological polar surface area (TPSA) is 62.3 Å². The number of hydrogen-bond acceptors (Lipinski definition) is 4. The second-order valence-corrected chi connectivity index (χ2v) is 4.76. The molecule has 0 aliphatic heterocycles. The van der Waals surface area contributed by atoms with E-state index in [1.54, 1.807) is 6.20 Å². The van der Waals surface area contributed by atoms with Crippen LogP contribution in [0.1, 0.15) is 18.9 Å². The molecule has 5 heteroatoms. The first-order valence-electron chi connectivity index (χ1n) is 7.37. The normalized spacial score (nSPS) is 10.6. The quantitative estimate of drug-likeness (QED) is 0.719. The van der Waals surface area contributed by atoms with Crippen LogP contribution in [0.15, 0.2) is 36.9 Å². The summed E-state index contributed by atoms with van der Waals surface area (Å²) in [6, 6.07) is 6.02. The van der Waals surface area contributed by atoms with Crippen molar-refractivity contribution < 1.29 is 9.47 Å². The van der Waals surface area contributed by atoms with Crippen LogP contribution < -0.4 is 15.2 Å². The summed E-state index contributed by atoms with van der Waals surface area (Å²) in [7, 11) is 0. The standard InChI is InChI=1S/C16H23N3O2/c1-2-20-16-12-14(6-7-17)4-5-15(16)21-11-3-9-19-10-8-18-13-19/h4-5,8,10,12-13H,2-3,6-7,9,11,17H2,1H3. The summed E-state index contributed by atoms with van der Waals surface area (Å²) in [5.41, 5.74) is 6.76. The zero-order valence-electron chi connectivity index (χ0n) is 12.5. The molecule has 0 radical (unpaired) electrons. The van der Waals surface area contributed by atoms with Crippen molar-refractivity contribution in [1.29, 1.82) is 0 Å². The summed E-state index contributed by atoms with van der Waals surface area (Å²) < 4.78 is 13.5. The van der Waals surface area contributed by atoms with E-state index in [1.807, 2.05) is 42.2 Å². The highest BCUT2D eigenvalue weighted by Gasteiger charge is 2.06. The molecule has 5 nitrogen and oxygen atoms in total. The van der Waals surface area contributed by atoms with E-state index in [2.05, 4.69) is 4.98 Å². The first-order chi connectivity index (χ1) is 10.3. The highest BCUT2D eigenvalue weighted by atomic mass is 16.5. The van der Waals surface area contributed by atoms with Gasteiger partial charge in [0.1, 0.15) is 0 Å². The zero-order valence-corrected chi connectivity index (χ0v) is 12.5. The number of nitrogens with zero attached hydrogens (tertiary/aromatic N) is 2. The van der Waals surface area contributed by atoms with E-state index in [0.29, 0.717) is 19.8 Å². The smallest absolute Gasteiger partial charge is 0.161 e. The van der Waals surface area contributed by atoms with Gasteiger partial charge in [0.25, 0.3) is 0 Å². The van der Waals surface area contributed by atoms with E-state index in [4.69, 9.17) is 15.2 Å².